The van der Waals surface area contributed by atoms with Crippen LogP contribution in [0.3, 0.4) is 0 Å². The van der Waals surface area contributed by atoms with Gasteiger partial charge >= 0.3 is 0 Å². The van der Waals surface area contributed by atoms with Crippen molar-refractivity contribution in [3.05, 3.63) is 21.4 Å². The molecule has 0 aromatic carbocycles. The van der Waals surface area contributed by atoms with Crippen LogP contribution in [0.25, 0.3) is 9.40 Å². The van der Waals surface area contributed by atoms with Crippen molar-refractivity contribution < 1.29 is 0 Å². The molecule has 1 saturated carbocycles. The lowest BCUT2D eigenvalue weighted by Crippen LogP contribution is -2.03. The molecule has 2 aromatic heterocycles. The highest BCUT2D eigenvalue weighted by molar-refractivity contribution is 7.28. The molecular formula is C14H18S2. The molecule has 16 heavy (non-hydrogen) atoms. The summed E-state index contributed by atoms with van der Waals surface area (Å²) in [4.78, 5) is 3.15. The summed E-state index contributed by atoms with van der Waals surface area (Å²) in [6, 6.07) is 2.37. The van der Waals surface area contributed by atoms with Gasteiger partial charge in [0.1, 0.15) is 0 Å². The molecule has 0 N–H and O–H groups in total. The minimum atomic E-state index is 0.874. The molecular weight excluding hydrogens is 232 g/mol. The Morgan fingerprint density at radius 1 is 1.06 bits per heavy atom. The third kappa shape index (κ3) is 1.72. The molecule has 0 nitrogen and oxygen atoms in total. The Balaban J connectivity index is 2.02. The van der Waals surface area contributed by atoms with Gasteiger partial charge in [0.05, 0.1) is 0 Å². The minimum absolute atomic E-state index is 0.874. The number of aryl methyl sites for hydroxylation is 2. The van der Waals surface area contributed by atoms with Gasteiger partial charge in [0, 0.05) is 19.2 Å². The molecule has 86 valence electrons. The van der Waals surface area contributed by atoms with E-state index in [0.717, 1.165) is 5.92 Å². The highest BCUT2D eigenvalue weighted by atomic mass is 32.1. The largest absolute Gasteiger partial charge is 0.139 e. The molecule has 0 radical (unpaired) electrons. The van der Waals surface area contributed by atoms with Crippen LogP contribution in [-0.4, -0.2) is 0 Å². The molecule has 0 saturated heterocycles. The van der Waals surface area contributed by atoms with Crippen molar-refractivity contribution in [1.82, 2.24) is 0 Å². The summed E-state index contributed by atoms with van der Waals surface area (Å²) in [7, 11) is 0. The monoisotopic (exact) mass is 250 g/mol. The van der Waals surface area contributed by atoms with Crippen LogP contribution < -0.4 is 0 Å². The van der Waals surface area contributed by atoms with Crippen molar-refractivity contribution in [2.45, 2.75) is 51.9 Å². The maximum Gasteiger partial charge on any atom is 0.0485 e. The maximum absolute atomic E-state index is 2.37. The second kappa shape index (κ2) is 4.15. The molecule has 1 fully saturated rings. The van der Waals surface area contributed by atoms with E-state index >= 15 is 0 Å². The first-order chi connectivity index (χ1) is 7.75. The predicted molar refractivity (Wildman–Crippen MR) is 75.0 cm³/mol. The molecule has 0 bridgehead atoms. The lowest BCUT2D eigenvalue weighted by Gasteiger charge is -2.21. The van der Waals surface area contributed by atoms with Gasteiger partial charge in [-0.2, -0.15) is 0 Å². The molecule has 2 heterocycles. The van der Waals surface area contributed by atoms with Gasteiger partial charge in [0.2, 0.25) is 0 Å². The highest BCUT2D eigenvalue weighted by Gasteiger charge is 2.21. The fourth-order valence-electron chi connectivity index (χ4n) is 2.89. The lowest BCUT2D eigenvalue weighted by atomic mass is 9.87. The standard InChI is InChI=1S/C14H18S2/c1-9-8-12-14(15-9)10(2)13(16-12)11-6-4-3-5-7-11/h8,11H,3-7H2,1-2H3. The van der Waals surface area contributed by atoms with E-state index < -0.39 is 0 Å². The van der Waals surface area contributed by atoms with Gasteiger partial charge < -0.3 is 0 Å². The van der Waals surface area contributed by atoms with Gasteiger partial charge in [-0.25, -0.2) is 0 Å². The van der Waals surface area contributed by atoms with Crippen molar-refractivity contribution in [2.24, 2.45) is 0 Å². The third-order valence-corrected chi connectivity index (χ3v) is 6.43. The van der Waals surface area contributed by atoms with E-state index in [2.05, 4.69) is 31.3 Å². The van der Waals surface area contributed by atoms with E-state index in [-0.39, 0.29) is 0 Å². The number of hydrogen-bond donors (Lipinski definition) is 0. The minimum Gasteiger partial charge on any atom is -0.139 e. The SMILES string of the molecule is Cc1cc2sc(C3CCCCC3)c(C)c2s1. The van der Waals surface area contributed by atoms with Crippen molar-refractivity contribution in [3.63, 3.8) is 0 Å². The molecule has 0 atom stereocenters. The van der Waals surface area contributed by atoms with E-state index in [0.29, 0.717) is 0 Å². The summed E-state index contributed by atoms with van der Waals surface area (Å²) >= 11 is 4.04. The van der Waals surface area contributed by atoms with Crippen LogP contribution in [-0.2, 0) is 0 Å². The maximum atomic E-state index is 2.37. The molecule has 0 unspecified atom stereocenters. The summed E-state index contributed by atoms with van der Waals surface area (Å²) in [5.74, 6) is 0.874. The van der Waals surface area contributed by atoms with E-state index in [1.54, 1.807) is 15.1 Å². The van der Waals surface area contributed by atoms with Crippen LogP contribution in [0.4, 0.5) is 0 Å². The Morgan fingerprint density at radius 2 is 1.81 bits per heavy atom. The number of thiophene rings is 2. The van der Waals surface area contributed by atoms with Crippen LogP contribution in [0.2, 0.25) is 0 Å². The summed E-state index contributed by atoms with van der Waals surface area (Å²) in [5.41, 5.74) is 1.59. The zero-order valence-corrected chi connectivity index (χ0v) is 11.6. The summed E-state index contributed by atoms with van der Waals surface area (Å²) in [5, 5.41) is 0. The lowest BCUT2D eigenvalue weighted by molar-refractivity contribution is 0.447. The van der Waals surface area contributed by atoms with E-state index in [1.165, 1.54) is 41.7 Å². The summed E-state index contributed by atoms with van der Waals surface area (Å²) in [6.45, 7) is 4.55. The van der Waals surface area contributed by atoms with E-state index in [9.17, 15) is 0 Å². The topological polar surface area (TPSA) is 0 Å². The Labute approximate surface area is 105 Å². The van der Waals surface area contributed by atoms with Crippen LogP contribution in [0.1, 0.15) is 53.3 Å². The number of hydrogen-bond acceptors (Lipinski definition) is 2. The van der Waals surface area contributed by atoms with Crippen molar-refractivity contribution in [1.29, 1.82) is 0 Å². The van der Waals surface area contributed by atoms with Crippen molar-refractivity contribution in [2.75, 3.05) is 0 Å². The summed E-state index contributed by atoms with van der Waals surface area (Å²) in [6.07, 6.45) is 7.18. The molecule has 1 aliphatic rings. The molecule has 0 amide bonds. The molecule has 1 aliphatic carbocycles. The molecule has 0 aliphatic heterocycles. The van der Waals surface area contributed by atoms with Crippen molar-refractivity contribution in [3.8, 4) is 0 Å². The van der Waals surface area contributed by atoms with Crippen LogP contribution >= 0.6 is 22.7 Å². The average molecular weight is 250 g/mol. The summed E-state index contributed by atoms with van der Waals surface area (Å²) < 4.78 is 3.09. The number of rotatable bonds is 1. The predicted octanol–water partition coefficient (Wildman–Crippen LogP) is 5.63. The van der Waals surface area contributed by atoms with Crippen LogP contribution in [0.15, 0.2) is 6.07 Å². The van der Waals surface area contributed by atoms with E-state index in [1.807, 2.05) is 11.3 Å². The molecule has 2 heteroatoms. The smallest absolute Gasteiger partial charge is 0.0485 e. The zero-order valence-electron chi connectivity index (χ0n) is 10.0. The highest BCUT2D eigenvalue weighted by Crippen LogP contribution is 2.44. The van der Waals surface area contributed by atoms with Gasteiger partial charge in [-0.05, 0) is 44.2 Å². The van der Waals surface area contributed by atoms with Crippen LogP contribution in [0, 0.1) is 13.8 Å². The Morgan fingerprint density at radius 3 is 2.50 bits per heavy atom. The molecule has 2 aromatic rings. The Bertz CT molecular complexity index is 498. The fourth-order valence-corrected chi connectivity index (χ4v) is 5.58. The van der Waals surface area contributed by atoms with Crippen LogP contribution in [0.5, 0.6) is 0 Å². The first-order valence-electron chi connectivity index (χ1n) is 6.25. The van der Waals surface area contributed by atoms with E-state index in [4.69, 9.17) is 0 Å². The first kappa shape index (κ1) is 10.8. The van der Waals surface area contributed by atoms with Gasteiger partial charge in [0.25, 0.3) is 0 Å². The molecule has 0 spiro atoms. The van der Waals surface area contributed by atoms with Gasteiger partial charge in [-0.3, -0.25) is 0 Å². The van der Waals surface area contributed by atoms with Crippen molar-refractivity contribution >= 4 is 32.1 Å². The van der Waals surface area contributed by atoms with Gasteiger partial charge in [0.15, 0.2) is 0 Å². The second-order valence-corrected chi connectivity index (χ2v) is 7.32. The second-order valence-electron chi connectivity index (χ2n) is 4.98. The Kier molecular flexibility index (Phi) is 2.80. The van der Waals surface area contributed by atoms with Gasteiger partial charge in [-0.15, -0.1) is 22.7 Å². The van der Waals surface area contributed by atoms with Gasteiger partial charge in [-0.1, -0.05) is 19.3 Å². The Hall–Kier alpha value is -0.340. The fraction of sp³-hybridized carbons (Fsp3) is 0.571. The average Bonchev–Trinajstić information content (AvgIpc) is 2.79. The molecule has 3 rings (SSSR count). The number of fused-ring (bicyclic) bond motifs is 1. The third-order valence-electron chi connectivity index (χ3n) is 3.73. The quantitative estimate of drug-likeness (QED) is 0.615. The zero-order chi connectivity index (χ0) is 11.1. The normalized spacial score (nSPS) is 18.4. The first-order valence-corrected chi connectivity index (χ1v) is 7.88.